The molecule has 100 valence electrons. The first-order valence-corrected chi connectivity index (χ1v) is 6.26. The molecule has 4 nitrogen and oxygen atoms in total. The third kappa shape index (κ3) is 3.16. The minimum absolute atomic E-state index is 0.0608. The van der Waals surface area contributed by atoms with Gasteiger partial charge in [0.25, 0.3) is 5.91 Å². The average Bonchev–Trinajstić information content (AvgIpc) is 2.72. The van der Waals surface area contributed by atoms with Crippen LogP contribution < -0.4 is 5.32 Å². The van der Waals surface area contributed by atoms with Crippen molar-refractivity contribution in [2.75, 3.05) is 6.54 Å². The summed E-state index contributed by atoms with van der Waals surface area (Å²) in [5, 5.41) is 12.1. The zero-order valence-electron chi connectivity index (χ0n) is 11.2. The molecule has 0 unspecified atom stereocenters. The lowest BCUT2D eigenvalue weighted by Crippen LogP contribution is -2.27. The van der Waals surface area contributed by atoms with Gasteiger partial charge in [0.05, 0.1) is 0 Å². The smallest absolute Gasteiger partial charge is 0.267 e. The van der Waals surface area contributed by atoms with Crippen molar-refractivity contribution >= 4 is 5.91 Å². The van der Waals surface area contributed by atoms with Crippen LogP contribution in [0.2, 0.25) is 0 Å². The van der Waals surface area contributed by atoms with Crippen molar-refractivity contribution in [3.8, 4) is 5.75 Å². The molecule has 2 rings (SSSR count). The number of hydrogen-bond acceptors (Lipinski definition) is 2. The van der Waals surface area contributed by atoms with Crippen LogP contribution in [0.3, 0.4) is 0 Å². The molecule has 19 heavy (non-hydrogen) atoms. The predicted molar refractivity (Wildman–Crippen MR) is 74.3 cm³/mol. The van der Waals surface area contributed by atoms with E-state index < -0.39 is 0 Å². The molecule has 0 saturated carbocycles. The van der Waals surface area contributed by atoms with Gasteiger partial charge in [0, 0.05) is 19.3 Å². The molecule has 4 heteroatoms. The van der Waals surface area contributed by atoms with Gasteiger partial charge in [0.1, 0.15) is 11.4 Å². The van der Waals surface area contributed by atoms with E-state index in [0.29, 0.717) is 12.2 Å². The van der Waals surface area contributed by atoms with Crippen LogP contribution in [0.1, 0.15) is 21.7 Å². The van der Waals surface area contributed by atoms with Gasteiger partial charge in [0.15, 0.2) is 0 Å². The number of carbonyl (C=O) groups excluding carboxylic acids is 1. The molecule has 1 amide bonds. The molecule has 0 aliphatic carbocycles. The lowest BCUT2D eigenvalue weighted by Gasteiger charge is -2.07. The normalized spacial score (nSPS) is 10.4. The van der Waals surface area contributed by atoms with Gasteiger partial charge in [-0.05, 0) is 43.2 Å². The molecule has 0 atom stereocenters. The Hall–Kier alpha value is -2.23. The zero-order valence-corrected chi connectivity index (χ0v) is 11.2. The number of hydrogen-bond donors (Lipinski definition) is 2. The number of aromatic hydroxyl groups is 1. The number of aryl methyl sites for hydroxylation is 1. The number of nitrogens with zero attached hydrogens (tertiary/aromatic N) is 1. The number of benzene rings is 1. The van der Waals surface area contributed by atoms with Gasteiger partial charge in [-0.1, -0.05) is 12.1 Å². The second kappa shape index (κ2) is 5.61. The first-order valence-electron chi connectivity index (χ1n) is 6.26. The Labute approximate surface area is 112 Å². The largest absolute Gasteiger partial charge is 0.508 e. The molecule has 2 aromatic rings. The maximum absolute atomic E-state index is 12.0. The predicted octanol–water partition coefficient (Wildman–Crippen LogP) is 2.01. The summed E-state index contributed by atoms with van der Waals surface area (Å²) in [4.78, 5) is 12.0. The fourth-order valence-corrected chi connectivity index (χ4v) is 1.91. The summed E-state index contributed by atoms with van der Waals surface area (Å²) in [6, 6.07) is 10.8. The van der Waals surface area contributed by atoms with Gasteiger partial charge in [-0.3, -0.25) is 4.79 Å². The third-order valence-corrected chi connectivity index (χ3v) is 3.24. The molecule has 0 aliphatic heterocycles. The summed E-state index contributed by atoms with van der Waals surface area (Å²) < 4.78 is 1.87. The van der Waals surface area contributed by atoms with Gasteiger partial charge in [-0.2, -0.15) is 0 Å². The summed E-state index contributed by atoms with van der Waals surface area (Å²) in [5.41, 5.74) is 2.81. The summed E-state index contributed by atoms with van der Waals surface area (Å²) >= 11 is 0. The second-order valence-electron chi connectivity index (χ2n) is 4.59. The van der Waals surface area contributed by atoms with Crippen molar-refractivity contribution in [2.45, 2.75) is 13.3 Å². The first kappa shape index (κ1) is 13.2. The van der Waals surface area contributed by atoms with Crippen LogP contribution in [-0.4, -0.2) is 22.1 Å². The number of rotatable bonds is 4. The van der Waals surface area contributed by atoms with E-state index in [9.17, 15) is 9.90 Å². The number of carbonyl (C=O) groups is 1. The molecule has 1 aromatic carbocycles. The second-order valence-corrected chi connectivity index (χ2v) is 4.59. The SMILES string of the molecule is Cc1ccc(C(=O)NCCc2ccc(O)cc2)n1C. The van der Waals surface area contributed by atoms with Crippen LogP contribution in [0.15, 0.2) is 36.4 Å². The Bertz CT molecular complexity index is 570. The molecule has 0 fully saturated rings. The topological polar surface area (TPSA) is 54.3 Å². The zero-order chi connectivity index (χ0) is 13.8. The van der Waals surface area contributed by atoms with Gasteiger partial charge in [-0.25, -0.2) is 0 Å². The molecular formula is C15H18N2O2. The molecule has 0 spiro atoms. The molecule has 2 N–H and O–H groups in total. The van der Waals surface area contributed by atoms with Crippen LogP contribution in [0, 0.1) is 6.92 Å². The van der Waals surface area contributed by atoms with Crippen LogP contribution in [0.4, 0.5) is 0 Å². The standard InChI is InChI=1S/C15H18N2O2/c1-11-3-8-14(17(11)2)15(19)16-10-9-12-4-6-13(18)7-5-12/h3-8,18H,9-10H2,1-2H3,(H,16,19). The molecule has 0 aliphatic rings. The molecular weight excluding hydrogens is 240 g/mol. The van der Waals surface area contributed by atoms with Gasteiger partial charge < -0.3 is 15.0 Å². The fraction of sp³-hybridized carbons (Fsp3) is 0.267. The average molecular weight is 258 g/mol. The van der Waals surface area contributed by atoms with Gasteiger partial charge >= 0.3 is 0 Å². The monoisotopic (exact) mass is 258 g/mol. The maximum atomic E-state index is 12.0. The lowest BCUT2D eigenvalue weighted by atomic mass is 10.1. The Morgan fingerprint density at radius 2 is 1.89 bits per heavy atom. The van der Waals surface area contributed by atoms with Crippen LogP contribution in [0.25, 0.3) is 0 Å². The Morgan fingerprint density at radius 1 is 1.21 bits per heavy atom. The van der Waals surface area contributed by atoms with E-state index in [4.69, 9.17) is 0 Å². The quantitative estimate of drug-likeness (QED) is 0.881. The van der Waals surface area contributed by atoms with E-state index in [2.05, 4.69) is 5.32 Å². The highest BCUT2D eigenvalue weighted by atomic mass is 16.3. The van der Waals surface area contributed by atoms with E-state index in [1.165, 1.54) is 0 Å². The Morgan fingerprint density at radius 3 is 2.47 bits per heavy atom. The van der Waals surface area contributed by atoms with E-state index in [1.54, 1.807) is 12.1 Å². The molecule has 1 aromatic heterocycles. The summed E-state index contributed by atoms with van der Waals surface area (Å²) in [6.07, 6.45) is 0.745. The number of phenols is 1. The Balaban J connectivity index is 1.87. The third-order valence-electron chi connectivity index (χ3n) is 3.24. The maximum Gasteiger partial charge on any atom is 0.267 e. The molecule has 0 bridgehead atoms. The number of amides is 1. The van der Waals surface area contributed by atoms with E-state index in [0.717, 1.165) is 17.7 Å². The highest BCUT2D eigenvalue weighted by Gasteiger charge is 2.09. The van der Waals surface area contributed by atoms with E-state index in [1.807, 2.05) is 42.8 Å². The molecule has 0 saturated heterocycles. The van der Waals surface area contributed by atoms with E-state index in [-0.39, 0.29) is 11.7 Å². The first-order chi connectivity index (χ1) is 9.08. The molecule has 1 heterocycles. The Kier molecular flexibility index (Phi) is 3.90. The number of aromatic nitrogens is 1. The van der Waals surface area contributed by atoms with Gasteiger partial charge in [-0.15, -0.1) is 0 Å². The van der Waals surface area contributed by atoms with Crippen molar-refractivity contribution < 1.29 is 9.90 Å². The summed E-state index contributed by atoms with van der Waals surface area (Å²) in [6.45, 7) is 2.54. The van der Waals surface area contributed by atoms with Crippen molar-refractivity contribution in [2.24, 2.45) is 7.05 Å². The highest BCUT2D eigenvalue weighted by molar-refractivity contribution is 5.92. The van der Waals surface area contributed by atoms with Crippen molar-refractivity contribution in [1.82, 2.24) is 9.88 Å². The van der Waals surface area contributed by atoms with Crippen LogP contribution in [-0.2, 0) is 13.5 Å². The van der Waals surface area contributed by atoms with Crippen molar-refractivity contribution in [3.63, 3.8) is 0 Å². The minimum Gasteiger partial charge on any atom is -0.508 e. The van der Waals surface area contributed by atoms with Crippen molar-refractivity contribution in [1.29, 1.82) is 0 Å². The van der Waals surface area contributed by atoms with Crippen molar-refractivity contribution in [3.05, 3.63) is 53.3 Å². The number of nitrogens with one attached hydrogen (secondary N) is 1. The fourth-order valence-electron chi connectivity index (χ4n) is 1.91. The minimum atomic E-state index is -0.0608. The lowest BCUT2D eigenvalue weighted by molar-refractivity contribution is 0.0946. The van der Waals surface area contributed by atoms with Crippen LogP contribution in [0.5, 0.6) is 5.75 Å². The van der Waals surface area contributed by atoms with Crippen LogP contribution >= 0.6 is 0 Å². The summed E-state index contributed by atoms with van der Waals surface area (Å²) in [7, 11) is 1.88. The summed E-state index contributed by atoms with van der Waals surface area (Å²) in [5.74, 6) is 0.196. The highest BCUT2D eigenvalue weighted by Crippen LogP contribution is 2.10. The molecule has 0 radical (unpaired) electrons. The van der Waals surface area contributed by atoms with E-state index >= 15 is 0 Å². The van der Waals surface area contributed by atoms with Gasteiger partial charge in [0.2, 0.25) is 0 Å². The number of phenolic OH excluding ortho intramolecular Hbond substituents is 1.